The molecule has 0 aromatic heterocycles. The van der Waals surface area contributed by atoms with Crippen LogP contribution in [0.15, 0.2) is 59.6 Å². The summed E-state index contributed by atoms with van der Waals surface area (Å²) in [6.07, 6.45) is 2.82. The van der Waals surface area contributed by atoms with Crippen LogP contribution < -0.4 is 0 Å². The zero-order valence-electron chi connectivity index (χ0n) is 8.64. The third kappa shape index (κ3) is 2.09. The lowest BCUT2D eigenvalue weighted by Gasteiger charge is -1.98. The maximum absolute atomic E-state index is 4.23. The van der Waals surface area contributed by atoms with Gasteiger partial charge in [-0.05, 0) is 17.1 Å². The Balaban J connectivity index is 2.53. The first-order chi connectivity index (χ1) is 7.42. The first-order valence-electron chi connectivity index (χ1n) is 4.94. The Kier molecular flexibility index (Phi) is 2.87. The molecule has 0 radical (unpaired) electrons. The fourth-order valence-corrected chi connectivity index (χ4v) is 1.55. The summed E-state index contributed by atoms with van der Waals surface area (Å²) in [6.45, 7) is 1.81. The molecule has 2 aromatic rings. The summed E-state index contributed by atoms with van der Waals surface area (Å²) in [5, 5.41) is 0. The minimum Gasteiger partial charge on any atom is -0.0622 e. The van der Waals surface area contributed by atoms with Gasteiger partial charge >= 0.3 is 0 Å². The number of hydrogen-bond donors (Lipinski definition) is 0. The Morgan fingerprint density at radius 1 is 0.867 bits per heavy atom. The number of nitrogens with zero attached hydrogens (tertiary/aromatic N) is 1. The summed E-state index contributed by atoms with van der Waals surface area (Å²) in [5.41, 5.74) is 3.30. The van der Waals surface area contributed by atoms with E-state index in [9.17, 15) is 0 Å². The first kappa shape index (κ1) is 9.57. The molecule has 2 rings (SSSR count). The van der Waals surface area contributed by atoms with Crippen LogP contribution in [0.25, 0.3) is 11.1 Å². The van der Waals surface area contributed by atoms with E-state index in [0.29, 0.717) is 0 Å². The molecule has 0 bridgehead atoms. The van der Waals surface area contributed by atoms with Gasteiger partial charge in [-0.1, -0.05) is 36.4 Å². The monoisotopic (exact) mass is 194 g/mol. The van der Waals surface area contributed by atoms with Crippen molar-refractivity contribution < 1.29 is 0 Å². The van der Waals surface area contributed by atoms with Gasteiger partial charge in [-0.2, -0.15) is 0 Å². The largest absolute Gasteiger partial charge is 0.219 e. The average Bonchev–Trinajstić information content (AvgIpc) is 2.31. The lowest BCUT2D eigenvalue weighted by atomic mass is 10.0. The predicted octanol–water partition coefficient (Wildman–Crippen LogP) is 3.95. The maximum atomic E-state index is 4.23. The number of aliphatic imine (C=N–C) groups is 1. The van der Waals surface area contributed by atoms with Crippen LogP contribution in [-0.2, 0) is 0 Å². The number of hydrogen-bond acceptors (Lipinski definition) is 1. The standard InChI is InChI=1S/C14H12N/c1-2-15-14-11-7-6-10-13(14)12-8-4-3-5-9-12/h3-11H,1H3/q+1. The van der Waals surface area contributed by atoms with E-state index in [0.717, 1.165) is 11.3 Å². The Morgan fingerprint density at radius 3 is 2.27 bits per heavy atom. The molecule has 2 aromatic carbocycles. The summed E-state index contributed by atoms with van der Waals surface area (Å²) in [5.74, 6) is 0. The minimum atomic E-state index is 0.964. The van der Waals surface area contributed by atoms with E-state index < -0.39 is 0 Å². The zero-order chi connectivity index (χ0) is 10.5. The van der Waals surface area contributed by atoms with Crippen molar-refractivity contribution in [3.8, 4) is 11.1 Å². The van der Waals surface area contributed by atoms with Gasteiger partial charge in [0.2, 0.25) is 5.69 Å². The van der Waals surface area contributed by atoms with Crippen LogP contribution in [0.2, 0.25) is 0 Å². The summed E-state index contributed by atoms with van der Waals surface area (Å²) in [4.78, 5) is 4.23. The van der Waals surface area contributed by atoms with Crippen molar-refractivity contribution in [3.63, 3.8) is 0 Å². The second-order valence-corrected chi connectivity index (χ2v) is 3.22. The van der Waals surface area contributed by atoms with Crippen molar-refractivity contribution >= 4 is 11.9 Å². The van der Waals surface area contributed by atoms with Gasteiger partial charge in [0.1, 0.15) is 0 Å². The summed E-state index contributed by atoms with van der Waals surface area (Å²) in [7, 11) is 0. The Bertz CT molecular complexity index is 458. The zero-order valence-corrected chi connectivity index (χ0v) is 8.64. The van der Waals surface area contributed by atoms with Crippen LogP contribution in [-0.4, -0.2) is 6.21 Å². The number of benzene rings is 2. The lowest BCUT2D eigenvalue weighted by molar-refractivity contribution is 1.51. The van der Waals surface area contributed by atoms with Crippen LogP contribution in [0, 0.1) is 0 Å². The molecule has 0 heterocycles. The molecule has 0 saturated carbocycles. The highest BCUT2D eigenvalue weighted by Crippen LogP contribution is 2.29. The SMILES string of the molecule is C[C+]=Nc1ccccc1-c1ccccc1. The number of para-hydroxylation sites is 1. The van der Waals surface area contributed by atoms with E-state index in [1.54, 1.807) is 0 Å². The number of rotatable bonds is 2. The molecule has 0 spiro atoms. The normalized spacial score (nSPS) is 10.2. The van der Waals surface area contributed by atoms with Crippen LogP contribution in [0.3, 0.4) is 0 Å². The molecular weight excluding hydrogens is 182 g/mol. The molecular formula is C14H12N+. The maximum Gasteiger partial charge on any atom is 0.219 e. The Labute approximate surface area is 90.1 Å². The minimum absolute atomic E-state index is 0.964. The topological polar surface area (TPSA) is 12.4 Å². The van der Waals surface area contributed by atoms with Gasteiger partial charge in [0, 0.05) is 5.56 Å². The molecule has 0 aliphatic rings. The van der Waals surface area contributed by atoms with E-state index in [1.165, 1.54) is 5.56 Å². The van der Waals surface area contributed by atoms with Crippen molar-refractivity contribution in [1.29, 1.82) is 0 Å². The van der Waals surface area contributed by atoms with E-state index in [1.807, 2.05) is 43.3 Å². The van der Waals surface area contributed by atoms with Crippen molar-refractivity contribution in [3.05, 3.63) is 54.6 Å². The van der Waals surface area contributed by atoms with Crippen molar-refractivity contribution in [1.82, 2.24) is 0 Å². The van der Waals surface area contributed by atoms with Crippen LogP contribution in [0.1, 0.15) is 6.92 Å². The lowest BCUT2D eigenvalue weighted by Crippen LogP contribution is -1.77. The van der Waals surface area contributed by atoms with E-state index in [4.69, 9.17) is 0 Å². The third-order valence-corrected chi connectivity index (χ3v) is 2.22. The van der Waals surface area contributed by atoms with Crippen molar-refractivity contribution in [2.24, 2.45) is 4.99 Å². The molecule has 0 amide bonds. The fourth-order valence-electron chi connectivity index (χ4n) is 1.55. The Hall–Kier alpha value is -1.98. The second kappa shape index (κ2) is 4.50. The third-order valence-electron chi connectivity index (χ3n) is 2.22. The van der Waals surface area contributed by atoms with Crippen molar-refractivity contribution in [2.45, 2.75) is 6.92 Å². The van der Waals surface area contributed by atoms with Gasteiger partial charge in [0.15, 0.2) is 6.21 Å². The summed E-state index contributed by atoms with van der Waals surface area (Å²) >= 11 is 0. The van der Waals surface area contributed by atoms with Crippen molar-refractivity contribution in [2.75, 3.05) is 0 Å². The molecule has 0 unspecified atom stereocenters. The second-order valence-electron chi connectivity index (χ2n) is 3.22. The summed E-state index contributed by atoms with van der Waals surface area (Å²) in [6, 6.07) is 18.3. The van der Waals surface area contributed by atoms with Gasteiger partial charge in [0.25, 0.3) is 0 Å². The van der Waals surface area contributed by atoms with Crippen LogP contribution in [0.5, 0.6) is 0 Å². The van der Waals surface area contributed by atoms with Crippen LogP contribution in [0.4, 0.5) is 5.69 Å². The molecule has 0 atom stereocenters. The van der Waals surface area contributed by atoms with Gasteiger partial charge in [-0.3, -0.25) is 0 Å². The molecule has 1 nitrogen and oxygen atoms in total. The summed E-state index contributed by atoms with van der Waals surface area (Å²) < 4.78 is 0. The van der Waals surface area contributed by atoms with Gasteiger partial charge in [-0.25, -0.2) is 0 Å². The van der Waals surface area contributed by atoms with Gasteiger partial charge in [0.05, 0.1) is 18.6 Å². The molecule has 0 aliphatic carbocycles. The smallest absolute Gasteiger partial charge is 0.0622 e. The molecule has 0 aliphatic heterocycles. The molecule has 0 fully saturated rings. The molecule has 0 saturated heterocycles. The average molecular weight is 194 g/mol. The van der Waals surface area contributed by atoms with E-state index in [-0.39, 0.29) is 0 Å². The fraction of sp³-hybridized carbons (Fsp3) is 0.0714. The highest BCUT2D eigenvalue weighted by atomic mass is 14.7. The van der Waals surface area contributed by atoms with Crippen LogP contribution >= 0.6 is 0 Å². The molecule has 1 heteroatoms. The Morgan fingerprint density at radius 2 is 1.53 bits per heavy atom. The van der Waals surface area contributed by atoms with Gasteiger partial charge < -0.3 is 0 Å². The van der Waals surface area contributed by atoms with E-state index >= 15 is 0 Å². The highest BCUT2D eigenvalue weighted by Gasteiger charge is 2.09. The quantitative estimate of drug-likeness (QED) is 0.507. The first-order valence-corrected chi connectivity index (χ1v) is 4.94. The predicted molar refractivity (Wildman–Crippen MR) is 64.6 cm³/mol. The molecule has 0 N–H and O–H groups in total. The molecule has 72 valence electrons. The van der Waals surface area contributed by atoms with E-state index in [2.05, 4.69) is 29.4 Å². The highest BCUT2D eigenvalue weighted by molar-refractivity contribution is 5.78. The molecule has 15 heavy (non-hydrogen) atoms. The van der Waals surface area contributed by atoms with Gasteiger partial charge in [-0.15, -0.1) is 0 Å².